The van der Waals surface area contributed by atoms with Crippen LogP contribution >= 0.6 is 0 Å². The fourth-order valence-corrected chi connectivity index (χ4v) is 0.848. The zero-order chi connectivity index (χ0) is 5.86. The first-order valence-electron chi connectivity index (χ1n) is 2.12. The van der Waals surface area contributed by atoms with E-state index in [0.29, 0.717) is 16.3 Å². The molecule has 7 heavy (non-hydrogen) atoms. The first-order valence-corrected chi connectivity index (χ1v) is 3.12. The van der Waals surface area contributed by atoms with Crippen LogP contribution in [-0.2, 0) is 9.59 Å². The summed E-state index contributed by atoms with van der Waals surface area (Å²) in [6.07, 6.45) is 0.145. The SMILES string of the molecule is CC(=O)C[C](=O)[AlH2]. The van der Waals surface area contributed by atoms with Crippen LogP contribution in [-0.4, -0.2) is 26.7 Å². The molecule has 0 saturated carbocycles. The molecule has 0 unspecified atom stereocenters. The average molecular weight is 114 g/mol. The molecule has 0 aromatic rings. The topological polar surface area (TPSA) is 34.1 Å². The Hall–Kier alpha value is -0.128. The Kier molecular flexibility index (Phi) is 2.90. The Balaban J connectivity index is 3.32. The summed E-state index contributed by atoms with van der Waals surface area (Å²) < 4.78 is 0.0764. The normalized spacial score (nSPS) is 8.14. The Morgan fingerprint density at radius 1 is 1.57 bits per heavy atom. The second kappa shape index (κ2) is 2.95. The van der Waals surface area contributed by atoms with E-state index in [-0.39, 0.29) is 16.8 Å². The molecule has 0 bridgehead atoms. The quantitative estimate of drug-likeness (QED) is 0.345. The predicted molar refractivity (Wildman–Crippen MR) is 28.8 cm³/mol. The van der Waals surface area contributed by atoms with Crippen LogP contribution in [0.3, 0.4) is 0 Å². The monoisotopic (exact) mass is 114 g/mol. The Morgan fingerprint density at radius 2 is 2.00 bits per heavy atom. The molecule has 0 aliphatic carbocycles. The van der Waals surface area contributed by atoms with Crippen LogP contribution in [0.25, 0.3) is 0 Å². The Labute approximate surface area is 50.3 Å². The van der Waals surface area contributed by atoms with E-state index in [0.717, 1.165) is 0 Å². The zero-order valence-electron chi connectivity index (χ0n) is 4.52. The molecule has 2 nitrogen and oxygen atoms in total. The maximum absolute atomic E-state index is 10.1. The molecule has 0 atom stereocenters. The molecule has 0 aromatic carbocycles. The van der Waals surface area contributed by atoms with Crippen LogP contribution in [0.15, 0.2) is 0 Å². The molecule has 0 heterocycles. The third-order valence-electron chi connectivity index (χ3n) is 0.498. The highest BCUT2D eigenvalue weighted by Gasteiger charge is 1.94. The molecule has 0 spiro atoms. The summed E-state index contributed by atoms with van der Waals surface area (Å²) in [7, 11) is 0. The minimum atomic E-state index is -0.0278. The van der Waals surface area contributed by atoms with Gasteiger partial charge in [0, 0.05) is 11.1 Å². The van der Waals surface area contributed by atoms with Crippen LogP contribution in [0.5, 0.6) is 0 Å². The van der Waals surface area contributed by atoms with Crippen molar-refractivity contribution in [2.75, 3.05) is 0 Å². The van der Waals surface area contributed by atoms with E-state index in [1.165, 1.54) is 6.92 Å². The minimum absolute atomic E-state index is 0.0278. The summed E-state index contributed by atoms with van der Waals surface area (Å²) in [6, 6.07) is 0. The molecule has 38 valence electrons. The summed E-state index contributed by atoms with van der Waals surface area (Å²) in [4.78, 5) is 20.2. The van der Waals surface area contributed by atoms with E-state index in [1.807, 2.05) is 0 Å². The van der Waals surface area contributed by atoms with Crippen molar-refractivity contribution in [1.29, 1.82) is 0 Å². The summed E-state index contributed by atoms with van der Waals surface area (Å²) in [5.41, 5.74) is 0. The Morgan fingerprint density at radius 3 is 2.00 bits per heavy atom. The van der Waals surface area contributed by atoms with E-state index >= 15 is 0 Å². The molecule has 0 aromatic heterocycles. The molecule has 0 rings (SSSR count). The first-order chi connectivity index (χ1) is 3.13. The van der Waals surface area contributed by atoms with E-state index < -0.39 is 0 Å². The highest BCUT2D eigenvalue weighted by atomic mass is 27.0. The van der Waals surface area contributed by atoms with Gasteiger partial charge in [0.25, 0.3) is 0 Å². The third-order valence-corrected chi connectivity index (χ3v) is 0.851. The van der Waals surface area contributed by atoms with Crippen molar-refractivity contribution >= 4 is 26.7 Å². The lowest BCUT2D eigenvalue weighted by atomic mass is 10.3. The van der Waals surface area contributed by atoms with Crippen molar-refractivity contribution in [3.8, 4) is 0 Å². The largest absolute Gasteiger partial charge is 0.321 e. The van der Waals surface area contributed by atoms with Gasteiger partial charge in [0.05, 0.1) is 0 Å². The maximum Gasteiger partial charge on any atom is 0.319 e. The molecular formula is C4H7AlO2. The molecule has 0 radical (unpaired) electrons. The van der Waals surface area contributed by atoms with Crippen molar-refractivity contribution in [1.82, 2.24) is 0 Å². The lowest BCUT2D eigenvalue weighted by molar-refractivity contribution is -0.122. The maximum atomic E-state index is 10.1. The lowest BCUT2D eigenvalue weighted by Crippen LogP contribution is -2.01. The molecular weight excluding hydrogens is 107 g/mol. The highest BCUT2D eigenvalue weighted by Crippen LogP contribution is 1.77. The van der Waals surface area contributed by atoms with Gasteiger partial charge in [-0.05, 0) is 6.92 Å². The summed E-state index contributed by atoms with van der Waals surface area (Å²) in [5.74, 6) is -0.0278. The Bertz CT molecular complexity index is 85.9. The van der Waals surface area contributed by atoms with Gasteiger partial charge in [0.1, 0.15) is 5.78 Å². The van der Waals surface area contributed by atoms with Crippen LogP contribution < -0.4 is 0 Å². The van der Waals surface area contributed by atoms with E-state index in [4.69, 9.17) is 0 Å². The summed E-state index contributed by atoms with van der Waals surface area (Å²) >= 11 is 0.507. The number of hydrogen-bond donors (Lipinski definition) is 0. The number of ketones is 1. The molecule has 0 aliphatic rings. The summed E-state index contributed by atoms with van der Waals surface area (Å²) in [6.45, 7) is 1.43. The van der Waals surface area contributed by atoms with E-state index in [9.17, 15) is 9.59 Å². The van der Waals surface area contributed by atoms with Gasteiger partial charge in [0.2, 0.25) is 0 Å². The van der Waals surface area contributed by atoms with Gasteiger partial charge >= 0.3 is 16.3 Å². The van der Waals surface area contributed by atoms with Gasteiger partial charge in [-0.3, -0.25) is 4.79 Å². The summed E-state index contributed by atoms with van der Waals surface area (Å²) in [5, 5.41) is 0. The van der Waals surface area contributed by atoms with Crippen LogP contribution in [0.1, 0.15) is 13.3 Å². The van der Waals surface area contributed by atoms with E-state index in [1.54, 1.807) is 0 Å². The average Bonchev–Trinajstić information content (AvgIpc) is 1.27. The number of carbonyl (C=O) groups excluding carboxylic acids is 2. The second-order valence-electron chi connectivity index (χ2n) is 1.58. The molecule has 0 fully saturated rings. The van der Waals surface area contributed by atoms with Crippen LogP contribution in [0.2, 0.25) is 0 Å². The second-order valence-corrected chi connectivity index (χ2v) is 2.70. The molecule has 0 amide bonds. The number of Topliss-reactive ketones (excluding diaryl/α,β-unsaturated/α-hetero) is 1. The van der Waals surface area contributed by atoms with Crippen LogP contribution in [0.4, 0.5) is 0 Å². The number of carbonyl (C=O) groups is 2. The fraction of sp³-hybridized carbons (Fsp3) is 0.500. The molecule has 3 heteroatoms. The number of hydrogen-bond acceptors (Lipinski definition) is 2. The van der Waals surface area contributed by atoms with Crippen molar-refractivity contribution in [3.05, 3.63) is 0 Å². The fourth-order valence-electron chi connectivity index (χ4n) is 0.351. The first kappa shape index (κ1) is 6.87. The van der Waals surface area contributed by atoms with Gasteiger partial charge in [-0.15, -0.1) is 0 Å². The van der Waals surface area contributed by atoms with Crippen molar-refractivity contribution in [2.24, 2.45) is 0 Å². The van der Waals surface area contributed by atoms with Gasteiger partial charge in [-0.25, -0.2) is 0 Å². The van der Waals surface area contributed by atoms with Gasteiger partial charge < -0.3 is 4.79 Å². The number of rotatable bonds is 2. The van der Waals surface area contributed by atoms with E-state index in [2.05, 4.69) is 0 Å². The third kappa shape index (κ3) is 5.87. The van der Waals surface area contributed by atoms with Gasteiger partial charge in [-0.1, -0.05) is 0 Å². The molecule has 0 aliphatic heterocycles. The molecule has 0 saturated heterocycles. The smallest absolute Gasteiger partial charge is 0.319 e. The highest BCUT2D eigenvalue weighted by molar-refractivity contribution is 6.59. The van der Waals surface area contributed by atoms with Gasteiger partial charge in [-0.2, -0.15) is 0 Å². The molecule has 0 N–H and O–H groups in total. The van der Waals surface area contributed by atoms with Crippen molar-refractivity contribution in [2.45, 2.75) is 13.3 Å². The van der Waals surface area contributed by atoms with Crippen molar-refractivity contribution < 1.29 is 9.59 Å². The predicted octanol–water partition coefficient (Wildman–Crippen LogP) is -0.875. The van der Waals surface area contributed by atoms with Crippen molar-refractivity contribution in [3.63, 3.8) is 0 Å². The van der Waals surface area contributed by atoms with Gasteiger partial charge in [0.15, 0.2) is 0 Å². The van der Waals surface area contributed by atoms with Crippen LogP contribution in [0, 0.1) is 0 Å². The minimum Gasteiger partial charge on any atom is -0.321 e. The zero-order valence-corrected chi connectivity index (χ0v) is 6.52. The lowest BCUT2D eigenvalue weighted by Gasteiger charge is -1.82. The standard InChI is InChI=1S/C4H5O2.Al.2H/c1-4(6)2-3-5;;;/h2H2,1H3;;;.